The molecule has 1 spiro atoms. The zero-order valence-electron chi connectivity index (χ0n) is 12.0. The number of piperidine rings is 1. The summed E-state index contributed by atoms with van der Waals surface area (Å²) in [5.74, 6) is 0.917. The third-order valence-electron chi connectivity index (χ3n) is 5.25. The van der Waals surface area contributed by atoms with Crippen LogP contribution in [0.5, 0.6) is 0 Å². The van der Waals surface area contributed by atoms with Gasteiger partial charge in [0.2, 0.25) is 0 Å². The smallest absolute Gasteiger partial charge is 0.0309 e. The number of nitrogens with one attached hydrogen (secondary N) is 1. The van der Waals surface area contributed by atoms with Gasteiger partial charge in [-0.2, -0.15) is 0 Å². The first-order valence-corrected chi connectivity index (χ1v) is 7.92. The molecule has 3 rings (SSSR count). The van der Waals surface area contributed by atoms with Gasteiger partial charge in [0.15, 0.2) is 0 Å². The maximum absolute atomic E-state index is 3.82. The second kappa shape index (κ2) is 5.48. The van der Waals surface area contributed by atoms with E-state index in [9.17, 15) is 0 Å². The minimum absolute atomic E-state index is 0.499. The Morgan fingerprint density at radius 2 is 2.00 bits per heavy atom. The summed E-state index contributed by atoms with van der Waals surface area (Å²) in [5, 5.41) is 3.82. The summed E-state index contributed by atoms with van der Waals surface area (Å²) < 4.78 is 0. The number of piperazine rings is 1. The maximum atomic E-state index is 3.82. The highest BCUT2D eigenvalue weighted by atomic mass is 15.2. The second-order valence-electron chi connectivity index (χ2n) is 6.92. The van der Waals surface area contributed by atoms with Crippen molar-refractivity contribution >= 4 is 0 Å². The van der Waals surface area contributed by atoms with Crippen LogP contribution in [0.1, 0.15) is 38.5 Å². The Labute approximate surface area is 112 Å². The van der Waals surface area contributed by atoms with E-state index in [0.717, 1.165) is 5.92 Å². The molecular formula is C15H29N3. The van der Waals surface area contributed by atoms with Gasteiger partial charge in [-0.1, -0.05) is 12.8 Å². The normalized spacial score (nSPS) is 34.2. The molecule has 104 valence electrons. The van der Waals surface area contributed by atoms with Crippen molar-refractivity contribution in [2.45, 2.75) is 44.1 Å². The van der Waals surface area contributed by atoms with Crippen LogP contribution in [-0.2, 0) is 0 Å². The van der Waals surface area contributed by atoms with Gasteiger partial charge < -0.3 is 10.2 Å². The summed E-state index contributed by atoms with van der Waals surface area (Å²) in [6.45, 7) is 7.75. The number of likely N-dealkylation sites (tertiary alicyclic amines) is 1. The monoisotopic (exact) mass is 251 g/mol. The predicted molar refractivity (Wildman–Crippen MR) is 75.9 cm³/mol. The van der Waals surface area contributed by atoms with Crippen molar-refractivity contribution in [2.24, 2.45) is 5.92 Å². The molecule has 0 aromatic rings. The van der Waals surface area contributed by atoms with Crippen LogP contribution in [0.3, 0.4) is 0 Å². The van der Waals surface area contributed by atoms with Crippen molar-refractivity contribution in [3.05, 3.63) is 0 Å². The Morgan fingerprint density at radius 3 is 2.78 bits per heavy atom. The summed E-state index contributed by atoms with van der Waals surface area (Å²) in [6, 6.07) is 0. The Hall–Kier alpha value is -0.120. The van der Waals surface area contributed by atoms with Gasteiger partial charge in [-0.15, -0.1) is 0 Å². The summed E-state index contributed by atoms with van der Waals surface area (Å²) in [6.07, 6.45) is 8.54. The number of hydrogen-bond donors (Lipinski definition) is 1. The molecule has 1 saturated carbocycles. The molecule has 0 amide bonds. The minimum atomic E-state index is 0.499. The van der Waals surface area contributed by atoms with Crippen LogP contribution in [0.4, 0.5) is 0 Å². The molecule has 2 saturated heterocycles. The standard InChI is InChI=1S/C15H29N3/c1-17-9-4-5-14(11-17)12-18-10-8-16-15(13-18)6-2-3-7-15/h14,16H,2-13H2,1H3. The SMILES string of the molecule is CN1CCCC(CN2CCNC3(CCCC3)C2)C1. The van der Waals surface area contributed by atoms with Gasteiger partial charge in [0.05, 0.1) is 0 Å². The first-order chi connectivity index (χ1) is 8.76. The number of hydrogen-bond acceptors (Lipinski definition) is 3. The topological polar surface area (TPSA) is 18.5 Å². The van der Waals surface area contributed by atoms with Crippen molar-refractivity contribution in [1.82, 2.24) is 15.1 Å². The first-order valence-electron chi connectivity index (χ1n) is 7.92. The third-order valence-corrected chi connectivity index (χ3v) is 5.25. The number of nitrogens with zero attached hydrogens (tertiary/aromatic N) is 2. The molecule has 0 radical (unpaired) electrons. The molecule has 1 N–H and O–H groups in total. The largest absolute Gasteiger partial charge is 0.309 e. The lowest BCUT2D eigenvalue weighted by Gasteiger charge is -2.43. The minimum Gasteiger partial charge on any atom is -0.309 e. The Balaban J connectivity index is 1.52. The molecule has 1 aliphatic carbocycles. The molecule has 3 heteroatoms. The van der Waals surface area contributed by atoms with Crippen molar-refractivity contribution in [1.29, 1.82) is 0 Å². The molecule has 1 unspecified atom stereocenters. The quantitative estimate of drug-likeness (QED) is 0.803. The van der Waals surface area contributed by atoms with Crippen molar-refractivity contribution in [3.8, 4) is 0 Å². The van der Waals surface area contributed by atoms with E-state index in [-0.39, 0.29) is 0 Å². The molecular weight excluding hydrogens is 222 g/mol. The molecule has 0 bridgehead atoms. The predicted octanol–water partition coefficient (Wildman–Crippen LogP) is 1.55. The first kappa shape index (κ1) is 12.9. The van der Waals surface area contributed by atoms with E-state index >= 15 is 0 Å². The van der Waals surface area contributed by atoms with E-state index in [2.05, 4.69) is 22.2 Å². The van der Waals surface area contributed by atoms with Crippen molar-refractivity contribution in [2.75, 3.05) is 46.3 Å². The van der Waals surface area contributed by atoms with E-state index in [0.29, 0.717) is 5.54 Å². The number of rotatable bonds is 2. The van der Waals surface area contributed by atoms with Gasteiger partial charge in [-0.25, -0.2) is 0 Å². The van der Waals surface area contributed by atoms with Crippen LogP contribution in [-0.4, -0.2) is 61.7 Å². The van der Waals surface area contributed by atoms with Crippen molar-refractivity contribution < 1.29 is 0 Å². The Morgan fingerprint density at radius 1 is 1.17 bits per heavy atom. The fourth-order valence-corrected chi connectivity index (χ4v) is 4.37. The lowest BCUT2D eigenvalue weighted by molar-refractivity contribution is 0.0946. The van der Waals surface area contributed by atoms with E-state index in [1.54, 1.807) is 0 Å². The molecule has 0 aromatic heterocycles. The van der Waals surface area contributed by atoms with Crippen LogP contribution in [0, 0.1) is 5.92 Å². The maximum Gasteiger partial charge on any atom is 0.0309 e. The van der Waals surface area contributed by atoms with Crippen LogP contribution in [0.15, 0.2) is 0 Å². The third kappa shape index (κ3) is 2.89. The Kier molecular flexibility index (Phi) is 3.92. The second-order valence-corrected chi connectivity index (χ2v) is 6.92. The molecule has 3 fully saturated rings. The van der Waals surface area contributed by atoms with Crippen molar-refractivity contribution in [3.63, 3.8) is 0 Å². The molecule has 2 heterocycles. The van der Waals surface area contributed by atoms with Gasteiger partial charge in [0.25, 0.3) is 0 Å². The van der Waals surface area contributed by atoms with Crippen LogP contribution in [0.25, 0.3) is 0 Å². The fraction of sp³-hybridized carbons (Fsp3) is 1.00. The Bertz CT molecular complexity index is 273. The lowest BCUT2D eigenvalue weighted by Crippen LogP contribution is -2.60. The summed E-state index contributed by atoms with van der Waals surface area (Å²) in [4.78, 5) is 5.27. The zero-order chi connectivity index (χ0) is 12.4. The van der Waals surface area contributed by atoms with Crippen LogP contribution < -0.4 is 5.32 Å². The molecule has 0 aromatic carbocycles. The summed E-state index contributed by atoms with van der Waals surface area (Å²) >= 11 is 0. The van der Waals surface area contributed by atoms with Gasteiger partial charge in [0, 0.05) is 38.3 Å². The van der Waals surface area contributed by atoms with Gasteiger partial charge >= 0.3 is 0 Å². The molecule has 2 aliphatic heterocycles. The highest BCUT2D eigenvalue weighted by Crippen LogP contribution is 2.32. The fourth-order valence-electron chi connectivity index (χ4n) is 4.37. The van der Waals surface area contributed by atoms with Gasteiger partial charge in [-0.05, 0) is 45.2 Å². The zero-order valence-corrected chi connectivity index (χ0v) is 12.0. The van der Waals surface area contributed by atoms with Crippen LogP contribution in [0.2, 0.25) is 0 Å². The van der Waals surface area contributed by atoms with E-state index in [4.69, 9.17) is 0 Å². The van der Waals surface area contributed by atoms with Gasteiger partial charge in [-0.3, -0.25) is 4.90 Å². The van der Waals surface area contributed by atoms with Gasteiger partial charge in [0.1, 0.15) is 0 Å². The average molecular weight is 251 g/mol. The molecule has 3 aliphatic rings. The lowest BCUT2D eigenvalue weighted by atomic mass is 9.92. The average Bonchev–Trinajstić information content (AvgIpc) is 2.77. The molecule has 1 atom stereocenters. The summed E-state index contributed by atoms with van der Waals surface area (Å²) in [7, 11) is 2.28. The van der Waals surface area contributed by atoms with E-state index < -0.39 is 0 Å². The highest BCUT2D eigenvalue weighted by Gasteiger charge is 2.38. The van der Waals surface area contributed by atoms with Crippen LogP contribution >= 0.6 is 0 Å². The van der Waals surface area contributed by atoms with E-state index in [1.807, 2.05) is 0 Å². The molecule has 3 nitrogen and oxygen atoms in total. The van der Waals surface area contributed by atoms with E-state index in [1.165, 1.54) is 77.8 Å². The molecule has 18 heavy (non-hydrogen) atoms. The summed E-state index contributed by atoms with van der Waals surface area (Å²) in [5.41, 5.74) is 0.499. The highest BCUT2D eigenvalue weighted by molar-refractivity contribution is 4.98.